The van der Waals surface area contributed by atoms with Gasteiger partial charge >= 0.3 is 48.1 Å². The summed E-state index contributed by atoms with van der Waals surface area (Å²) in [6.07, 6.45) is -32.0. The van der Waals surface area contributed by atoms with E-state index in [4.69, 9.17) is 0 Å². The average molecular weight is 592 g/mol. The molecule has 7 nitrogen and oxygen atoms in total. The predicted octanol–water partition coefficient (Wildman–Crippen LogP) is 2.23. The predicted molar refractivity (Wildman–Crippen MR) is 71.8 cm³/mol. The molecule has 0 saturated carbocycles. The van der Waals surface area contributed by atoms with Crippen molar-refractivity contribution < 1.29 is 104 Å². The van der Waals surface area contributed by atoms with Crippen LogP contribution < -0.4 is 10.2 Å². The third-order valence-electron chi connectivity index (χ3n) is 3.73. The lowest BCUT2D eigenvalue weighted by molar-refractivity contribution is -0.472. The smallest absolute Gasteiger partial charge is 0.429 e. The topological polar surface area (TPSA) is 108 Å². The number of carboxylic acids is 2. The van der Waals surface area contributed by atoms with E-state index in [1.165, 1.54) is 0 Å². The maximum atomic E-state index is 13.3. The van der Waals surface area contributed by atoms with Crippen molar-refractivity contribution in [1.29, 1.82) is 0 Å². The number of hydrogen-bond acceptors (Lipinski definition) is 7. The molecule has 0 spiro atoms. The molecule has 0 aliphatic heterocycles. The first-order chi connectivity index (χ1) is 16.0. The largest absolute Gasteiger partial charge is 0.544 e. The molecule has 0 aromatic rings. The van der Waals surface area contributed by atoms with Crippen LogP contribution in [0.1, 0.15) is 12.8 Å². The molecule has 37 heavy (non-hydrogen) atoms. The third kappa shape index (κ3) is 7.39. The highest BCUT2D eigenvalue weighted by Crippen LogP contribution is 2.47. The lowest BCUT2D eigenvalue weighted by Crippen LogP contribution is -2.59. The Bertz CT molecular complexity index is 763. The fourth-order valence-corrected chi connectivity index (χ4v) is 1.63. The van der Waals surface area contributed by atoms with Gasteiger partial charge in [0.2, 0.25) is 0 Å². The molecule has 0 N–H and O–H groups in total. The number of aliphatic carboxylic acids is 2. The third-order valence-corrected chi connectivity index (χ3v) is 3.73. The van der Waals surface area contributed by atoms with Gasteiger partial charge in [0.15, 0.2) is 0 Å². The van der Waals surface area contributed by atoms with Gasteiger partial charge in [-0.15, -0.1) is 0 Å². The Morgan fingerprint density at radius 3 is 0.946 bits per heavy atom. The van der Waals surface area contributed by atoms with E-state index in [1.54, 1.807) is 0 Å². The normalized spacial score (nSPS) is 15.1. The van der Waals surface area contributed by atoms with Crippen LogP contribution in [0.15, 0.2) is 0 Å². The molecule has 0 saturated heterocycles. The molecule has 23 heteroatoms. The zero-order valence-corrected chi connectivity index (χ0v) is 16.7. The number of rotatable bonds is 16. The minimum Gasteiger partial charge on any atom is -0.544 e. The lowest BCUT2D eigenvalue weighted by atomic mass is 10.2. The first kappa shape index (κ1) is 34.7. The zero-order valence-electron chi connectivity index (χ0n) is 16.7. The van der Waals surface area contributed by atoms with E-state index in [0.717, 1.165) is 0 Å². The Morgan fingerprint density at radius 2 is 0.730 bits per heavy atom. The summed E-state index contributed by atoms with van der Waals surface area (Å²) in [5, 5.41) is 19.7. The first-order valence-corrected chi connectivity index (χ1v) is 8.44. The number of carboxylic acid groups (broad SMARTS) is 2. The molecule has 220 valence electrons. The van der Waals surface area contributed by atoms with Crippen LogP contribution in [0.25, 0.3) is 0 Å². The number of hydrogen-bond donors (Lipinski definition) is 0. The molecule has 0 unspecified atom stereocenters. The van der Waals surface area contributed by atoms with Gasteiger partial charge < -0.3 is 24.5 Å². The maximum Gasteiger partial charge on any atom is 0.429 e. The summed E-state index contributed by atoms with van der Waals surface area (Å²) >= 11 is 0. The van der Waals surface area contributed by atoms with Gasteiger partial charge in [0.1, 0.15) is 11.9 Å². The number of alkyl halides is 16. The second kappa shape index (κ2) is 10.5. The van der Waals surface area contributed by atoms with Crippen molar-refractivity contribution in [3.05, 3.63) is 0 Å². The molecule has 0 aromatic heterocycles. The van der Waals surface area contributed by atoms with Crippen molar-refractivity contribution in [1.82, 2.24) is 0 Å². The Hall–Kier alpha value is -2.30. The highest BCUT2D eigenvalue weighted by molar-refractivity contribution is 5.74. The Kier molecular flexibility index (Phi) is 9.81. The van der Waals surface area contributed by atoms with Crippen molar-refractivity contribution in [2.45, 2.75) is 61.0 Å². The van der Waals surface area contributed by atoms with E-state index in [1.807, 2.05) is 9.47 Å². The van der Waals surface area contributed by atoms with Crippen molar-refractivity contribution in [3.63, 3.8) is 0 Å². The molecular formula is C14H8F16O7-2. The fourth-order valence-electron chi connectivity index (χ4n) is 1.63. The molecule has 0 aromatic carbocycles. The number of ether oxygens (including phenoxy) is 3. The maximum absolute atomic E-state index is 13.3. The van der Waals surface area contributed by atoms with Gasteiger partial charge in [-0.05, 0) is 0 Å². The molecular weight excluding hydrogens is 584 g/mol. The quantitative estimate of drug-likeness (QED) is 0.200. The van der Waals surface area contributed by atoms with E-state index in [0.29, 0.717) is 0 Å². The summed E-state index contributed by atoms with van der Waals surface area (Å²) in [6, 6.07) is 0. The van der Waals surface area contributed by atoms with Gasteiger partial charge in [-0.1, -0.05) is 0 Å². The van der Waals surface area contributed by atoms with Crippen LogP contribution in [-0.2, 0) is 23.8 Å². The van der Waals surface area contributed by atoms with Gasteiger partial charge in [-0.2, -0.15) is 70.2 Å². The average Bonchev–Trinajstić information content (AvgIpc) is 2.64. The fraction of sp³-hybridized carbons (Fsp3) is 0.857. The molecule has 0 fully saturated rings. The van der Waals surface area contributed by atoms with E-state index >= 15 is 0 Å². The zero-order chi connectivity index (χ0) is 30.1. The van der Waals surface area contributed by atoms with Gasteiger partial charge in [-0.25, -0.2) is 9.47 Å². The van der Waals surface area contributed by atoms with E-state index < -0.39 is 86.1 Å². The van der Waals surface area contributed by atoms with Crippen molar-refractivity contribution in [3.8, 4) is 0 Å². The van der Waals surface area contributed by atoms with Gasteiger partial charge in [-0.3, -0.25) is 0 Å². The lowest BCUT2D eigenvalue weighted by Gasteiger charge is -2.33. The van der Waals surface area contributed by atoms with Crippen LogP contribution in [0.3, 0.4) is 0 Å². The van der Waals surface area contributed by atoms with E-state index in [-0.39, 0.29) is 0 Å². The van der Waals surface area contributed by atoms with Crippen molar-refractivity contribution in [2.75, 3.05) is 13.2 Å². The monoisotopic (exact) mass is 592 g/mol. The second-order valence-corrected chi connectivity index (χ2v) is 6.52. The van der Waals surface area contributed by atoms with Crippen LogP contribution >= 0.6 is 0 Å². The summed E-state index contributed by atoms with van der Waals surface area (Å²) in [5.74, 6) is -33.1. The highest BCUT2D eigenvalue weighted by Gasteiger charge is 2.70. The van der Waals surface area contributed by atoms with Gasteiger partial charge in [0.05, 0.1) is 13.2 Å². The summed E-state index contributed by atoms with van der Waals surface area (Å²) in [4.78, 5) is 19.7. The molecule has 0 heterocycles. The molecule has 0 atom stereocenters. The number of halogens is 16. The van der Waals surface area contributed by atoms with Gasteiger partial charge in [0, 0.05) is 12.8 Å². The summed E-state index contributed by atoms with van der Waals surface area (Å²) in [7, 11) is 0. The minimum absolute atomic E-state index is 1.91. The standard InChI is InChI=1S/C14H10F16O7/c15-7(16,11(23,24)36-13(27,28)9(19,20)5(31)32)1-3-35-4-2-8(17,18)12(25,26)37-14(29,30)10(21,22)6(33)34/h1-4H2,(H,31,32)(H,33,34)/p-2. The molecule has 0 rings (SSSR count). The summed E-state index contributed by atoms with van der Waals surface area (Å²) in [5.41, 5.74) is 0. The van der Waals surface area contributed by atoms with Gasteiger partial charge in [0.25, 0.3) is 0 Å². The molecule has 0 aliphatic rings. The molecule has 0 aliphatic carbocycles. The first-order valence-electron chi connectivity index (χ1n) is 8.44. The number of carbonyl (C=O) groups is 2. The molecule has 0 radical (unpaired) electrons. The minimum atomic E-state index is -6.80. The Morgan fingerprint density at radius 1 is 0.486 bits per heavy atom. The molecule has 0 bridgehead atoms. The Balaban J connectivity index is 5.15. The summed E-state index contributed by atoms with van der Waals surface area (Å²) < 4.78 is 216. The molecule has 0 amide bonds. The van der Waals surface area contributed by atoms with Crippen LogP contribution in [-0.4, -0.2) is 73.3 Å². The van der Waals surface area contributed by atoms with Crippen LogP contribution in [0.4, 0.5) is 70.2 Å². The van der Waals surface area contributed by atoms with Crippen LogP contribution in [0.2, 0.25) is 0 Å². The van der Waals surface area contributed by atoms with Crippen molar-refractivity contribution in [2.24, 2.45) is 0 Å². The van der Waals surface area contributed by atoms with E-state index in [2.05, 4.69) is 4.74 Å². The SMILES string of the molecule is O=C([O-])C(F)(F)C(F)(F)OC(F)(F)C(F)(F)CCOCCC(F)(F)C(F)(F)OC(F)(F)C(F)(F)C(=O)[O-]. The Labute approximate surface area is 191 Å². The summed E-state index contributed by atoms with van der Waals surface area (Å²) in [6.45, 7) is -3.98. The number of carbonyl (C=O) groups excluding carboxylic acids is 2. The van der Waals surface area contributed by atoms with Crippen LogP contribution in [0, 0.1) is 0 Å². The highest BCUT2D eigenvalue weighted by atomic mass is 19.4. The van der Waals surface area contributed by atoms with Crippen molar-refractivity contribution >= 4 is 11.9 Å². The van der Waals surface area contributed by atoms with Crippen LogP contribution in [0.5, 0.6) is 0 Å². The van der Waals surface area contributed by atoms with E-state index in [9.17, 15) is 90.0 Å². The second-order valence-electron chi connectivity index (χ2n) is 6.52.